The highest BCUT2D eigenvalue weighted by Gasteiger charge is 2.30. The zero-order chi connectivity index (χ0) is 14.8. The van der Waals surface area contributed by atoms with E-state index in [1.165, 1.54) is 12.1 Å². The molecule has 0 bridgehead atoms. The molecule has 112 valence electrons. The molecule has 1 aromatic rings. The number of sulfonamides is 1. The third-order valence-electron chi connectivity index (χ3n) is 3.69. The number of rotatable bonds is 4. The van der Waals surface area contributed by atoms with E-state index in [0.717, 1.165) is 32.0 Å². The number of nitrogens with one attached hydrogen (secondary N) is 2. The SMILES string of the molecule is CC1(CNS(=O)(=O)c2c(F)cccc2Cl)CCNCC1. The van der Waals surface area contributed by atoms with Crippen molar-refractivity contribution in [3.8, 4) is 0 Å². The average molecular weight is 321 g/mol. The van der Waals surface area contributed by atoms with Gasteiger partial charge in [0.1, 0.15) is 10.7 Å². The standard InChI is InChI=1S/C13H18ClFN2O2S/c1-13(5-7-16-8-6-13)9-17-20(18,19)12-10(14)3-2-4-11(12)15/h2-4,16-17H,5-9H2,1H3. The largest absolute Gasteiger partial charge is 0.317 e. The molecule has 0 saturated carbocycles. The molecule has 0 spiro atoms. The molecule has 2 rings (SSSR count). The first-order chi connectivity index (χ1) is 9.34. The van der Waals surface area contributed by atoms with Crippen LogP contribution in [0.5, 0.6) is 0 Å². The number of piperidine rings is 1. The van der Waals surface area contributed by atoms with Gasteiger partial charge in [-0.25, -0.2) is 17.5 Å². The lowest BCUT2D eigenvalue weighted by Crippen LogP contribution is -2.43. The Kier molecular flexibility index (Phi) is 4.69. The van der Waals surface area contributed by atoms with Crippen molar-refractivity contribution in [3.05, 3.63) is 29.0 Å². The van der Waals surface area contributed by atoms with E-state index >= 15 is 0 Å². The van der Waals surface area contributed by atoms with Crippen LogP contribution in [0.4, 0.5) is 4.39 Å². The average Bonchev–Trinajstić information content (AvgIpc) is 2.37. The topological polar surface area (TPSA) is 58.2 Å². The Labute approximate surface area is 123 Å². The second-order valence-electron chi connectivity index (χ2n) is 5.44. The normalized spacial score (nSPS) is 18.9. The number of benzene rings is 1. The molecule has 7 heteroatoms. The van der Waals surface area contributed by atoms with Crippen LogP contribution in [0.3, 0.4) is 0 Å². The molecular weight excluding hydrogens is 303 g/mol. The van der Waals surface area contributed by atoms with E-state index in [-0.39, 0.29) is 17.0 Å². The quantitative estimate of drug-likeness (QED) is 0.893. The summed E-state index contributed by atoms with van der Waals surface area (Å²) in [6, 6.07) is 3.84. The number of hydrogen-bond acceptors (Lipinski definition) is 3. The summed E-state index contributed by atoms with van der Waals surface area (Å²) in [5.41, 5.74) is -0.115. The summed E-state index contributed by atoms with van der Waals surface area (Å²) in [4.78, 5) is -0.473. The molecule has 0 amide bonds. The van der Waals surface area contributed by atoms with Crippen molar-refractivity contribution in [2.24, 2.45) is 5.41 Å². The maximum atomic E-state index is 13.7. The van der Waals surface area contributed by atoms with Crippen molar-refractivity contribution in [3.63, 3.8) is 0 Å². The van der Waals surface area contributed by atoms with Crippen LogP contribution in [0, 0.1) is 11.2 Å². The molecule has 0 aliphatic carbocycles. The van der Waals surface area contributed by atoms with Crippen LogP contribution in [-0.4, -0.2) is 28.1 Å². The molecule has 0 radical (unpaired) electrons. The highest BCUT2D eigenvalue weighted by molar-refractivity contribution is 7.89. The van der Waals surface area contributed by atoms with Crippen LogP contribution in [0.15, 0.2) is 23.1 Å². The van der Waals surface area contributed by atoms with Crippen molar-refractivity contribution in [2.45, 2.75) is 24.7 Å². The van der Waals surface area contributed by atoms with Crippen molar-refractivity contribution < 1.29 is 12.8 Å². The minimum Gasteiger partial charge on any atom is -0.317 e. The van der Waals surface area contributed by atoms with Crippen LogP contribution in [-0.2, 0) is 10.0 Å². The highest BCUT2D eigenvalue weighted by Crippen LogP contribution is 2.29. The summed E-state index contributed by atoms with van der Waals surface area (Å²) in [5, 5.41) is 3.12. The first-order valence-corrected chi connectivity index (χ1v) is 8.35. The summed E-state index contributed by atoms with van der Waals surface area (Å²) in [6.07, 6.45) is 1.75. The van der Waals surface area contributed by atoms with Gasteiger partial charge in [0, 0.05) is 6.54 Å². The van der Waals surface area contributed by atoms with Gasteiger partial charge in [-0.1, -0.05) is 24.6 Å². The summed E-state index contributed by atoms with van der Waals surface area (Å²) in [5.74, 6) is -0.833. The molecule has 4 nitrogen and oxygen atoms in total. The summed E-state index contributed by atoms with van der Waals surface area (Å²) >= 11 is 5.80. The molecule has 1 aromatic carbocycles. The third-order valence-corrected chi connectivity index (χ3v) is 5.59. The van der Waals surface area contributed by atoms with Crippen LogP contribution >= 0.6 is 11.6 Å². The molecule has 2 N–H and O–H groups in total. The second-order valence-corrected chi connectivity index (χ2v) is 7.55. The molecule has 1 aliphatic rings. The smallest absolute Gasteiger partial charge is 0.244 e. The van der Waals surface area contributed by atoms with E-state index in [0.29, 0.717) is 0 Å². The van der Waals surface area contributed by atoms with E-state index in [2.05, 4.69) is 10.0 Å². The summed E-state index contributed by atoms with van der Waals surface area (Å²) in [6.45, 7) is 4.03. The van der Waals surface area contributed by atoms with Gasteiger partial charge in [-0.15, -0.1) is 0 Å². The molecule has 1 aliphatic heterocycles. The molecule has 20 heavy (non-hydrogen) atoms. The van der Waals surface area contributed by atoms with Gasteiger partial charge >= 0.3 is 0 Å². The third kappa shape index (κ3) is 3.49. The van der Waals surface area contributed by atoms with Crippen LogP contribution < -0.4 is 10.0 Å². The van der Waals surface area contributed by atoms with Crippen LogP contribution in [0.25, 0.3) is 0 Å². The molecule has 1 saturated heterocycles. The molecule has 0 aromatic heterocycles. The fourth-order valence-electron chi connectivity index (χ4n) is 2.29. The first kappa shape index (κ1) is 15.7. The maximum Gasteiger partial charge on any atom is 0.244 e. The van der Waals surface area contributed by atoms with E-state index in [1.807, 2.05) is 6.92 Å². The Hall–Kier alpha value is -0.690. The fourth-order valence-corrected chi connectivity index (χ4v) is 4.09. The number of halogens is 2. The van der Waals surface area contributed by atoms with Crippen molar-refractivity contribution in [1.29, 1.82) is 0 Å². The Morgan fingerprint density at radius 2 is 2.05 bits per heavy atom. The Morgan fingerprint density at radius 3 is 2.65 bits per heavy atom. The van der Waals surface area contributed by atoms with Gasteiger partial charge in [-0.3, -0.25) is 0 Å². The molecular formula is C13H18ClFN2O2S. The van der Waals surface area contributed by atoms with Gasteiger partial charge in [0.2, 0.25) is 10.0 Å². The van der Waals surface area contributed by atoms with E-state index in [9.17, 15) is 12.8 Å². The van der Waals surface area contributed by atoms with Gasteiger partial charge < -0.3 is 5.32 Å². The summed E-state index contributed by atoms with van der Waals surface area (Å²) < 4.78 is 40.6. The molecule has 0 atom stereocenters. The predicted octanol–water partition coefficient (Wildman–Crippen LogP) is 2.15. The lowest BCUT2D eigenvalue weighted by molar-refractivity contribution is 0.232. The van der Waals surface area contributed by atoms with Gasteiger partial charge in [0.05, 0.1) is 5.02 Å². The molecule has 1 fully saturated rings. The number of hydrogen-bond donors (Lipinski definition) is 2. The van der Waals surface area contributed by atoms with Crippen molar-refractivity contribution in [1.82, 2.24) is 10.0 Å². The van der Waals surface area contributed by atoms with Gasteiger partial charge in [0.25, 0.3) is 0 Å². The maximum absolute atomic E-state index is 13.7. The Morgan fingerprint density at radius 1 is 1.40 bits per heavy atom. The lowest BCUT2D eigenvalue weighted by atomic mass is 9.81. The first-order valence-electron chi connectivity index (χ1n) is 6.48. The van der Waals surface area contributed by atoms with E-state index in [1.54, 1.807) is 0 Å². The highest BCUT2D eigenvalue weighted by atomic mass is 35.5. The summed E-state index contributed by atoms with van der Waals surface area (Å²) in [7, 11) is -3.94. The second kappa shape index (κ2) is 5.97. The van der Waals surface area contributed by atoms with Gasteiger partial charge in [0.15, 0.2) is 0 Å². The fraction of sp³-hybridized carbons (Fsp3) is 0.538. The Balaban J connectivity index is 2.15. The zero-order valence-corrected chi connectivity index (χ0v) is 12.8. The van der Waals surface area contributed by atoms with Crippen molar-refractivity contribution >= 4 is 21.6 Å². The van der Waals surface area contributed by atoms with E-state index < -0.39 is 20.7 Å². The lowest BCUT2D eigenvalue weighted by Gasteiger charge is -2.34. The molecule has 0 unspecified atom stereocenters. The monoisotopic (exact) mass is 320 g/mol. The predicted molar refractivity (Wildman–Crippen MR) is 76.8 cm³/mol. The van der Waals surface area contributed by atoms with Gasteiger partial charge in [-0.2, -0.15) is 0 Å². The van der Waals surface area contributed by atoms with Crippen molar-refractivity contribution in [2.75, 3.05) is 19.6 Å². The minimum atomic E-state index is -3.94. The van der Waals surface area contributed by atoms with Crippen LogP contribution in [0.1, 0.15) is 19.8 Å². The van der Waals surface area contributed by atoms with Gasteiger partial charge in [-0.05, 0) is 43.5 Å². The minimum absolute atomic E-state index is 0.104. The molecule has 1 heterocycles. The van der Waals surface area contributed by atoms with Crippen LogP contribution in [0.2, 0.25) is 5.02 Å². The Bertz CT molecular complexity index is 566. The van der Waals surface area contributed by atoms with E-state index in [4.69, 9.17) is 11.6 Å². The zero-order valence-electron chi connectivity index (χ0n) is 11.2.